The molecule has 0 aliphatic rings. The van der Waals surface area contributed by atoms with E-state index < -0.39 is 6.04 Å². The van der Waals surface area contributed by atoms with Gasteiger partial charge in [-0.2, -0.15) is 0 Å². The summed E-state index contributed by atoms with van der Waals surface area (Å²) in [5, 5.41) is 3.71. The number of nitrogens with one attached hydrogen (secondary N) is 1. The third-order valence-electron chi connectivity index (χ3n) is 4.69. The molecule has 150 valence electrons. The van der Waals surface area contributed by atoms with Crippen molar-refractivity contribution in [3.63, 3.8) is 0 Å². The third-order valence-corrected chi connectivity index (χ3v) is 4.94. The van der Waals surface area contributed by atoms with E-state index in [1.54, 1.807) is 42.6 Å². The van der Waals surface area contributed by atoms with Crippen LogP contribution in [0.2, 0.25) is 5.02 Å². The molecule has 0 bridgehead atoms. The van der Waals surface area contributed by atoms with E-state index in [4.69, 9.17) is 16.3 Å². The summed E-state index contributed by atoms with van der Waals surface area (Å²) in [6.45, 7) is 0. The van der Waals surface area contributed by atoms with Gasteiger partial charge in [0.1, 0.15) is 23.4 Å². The van der Waals surface area contributed by atoms with Crippen molar-refractivity contribution in [3.05, 3.63) is 113 Å². The first kappa shape index (κ1) is 19.7. The van der Waals surface area contributed by atoms with E-state index in [-0.39, 0.29) is 5.91 Å². The lowest BCUT2D eigenvalue weighted by molar-refractivity contribution is 0.0941. The molecule has 0 unspecified atom stereocenters. The minimum absolute atomic E-state index is 0.204. The van der Waals surface area contributed by atoms with E-state index in [9.17, 15) is 4.79 Å². The number of carbonyl (C=O) groups excluding carboxylic acids is 1. The van der Waals surface area contributed by atoms with Gasteiger partial charge in [-0.1, -0.05) is 41.9 Å². The summed E-state index contributed by atoms with van der Waals surface area (Å²) >= 11 is 6.03. The molecule has 0 saturated carbocycles. The minimum Gasteiger partial charge on any atom is -0.457 e. The Balaban J connectivity index is 1.54. The summed E-state index contributed by atoms with van der Waals surface area (Å²) in [6, 6.07) is 23.5. The molecule has 1 aromatic heterocycles. The number of aryl methyl sites for hydroxylation is 1. The Hall–Kier alpha value is -3.57. The first-order valence-corrected chi connectivity index (χ1v) is 9.84. The second kappa shape index (κ2) is 8.84. The van der Waals surface area contributed by atoms with Crippen LogP contribution in [0.4, 0.5) is 0 Å². The number of hydrogen-bond acceptors (Lipinski definition) is 3. The zero-order chi connectivity index (χ0) is 20.9. The molecular formula is C24H20ClN3O2. The summed E-state index contributed by atoms with van der Waals surface area (Å²) in [7, 11) is 1.90. The number of ether oxygens (including phenoxy) is 1. The number of hydrogen-bond donors (Lipinski definition) is 1. The van der Waals surface area contributed by atoms with E-state index in [2.05, 4.69) is 10.3 Å². The van der Waals surface area contributed by atoms with Crippen LogP contribution in [0.5, 0.6) is 11.5 Å². The standard InChI is InChI=1S/C24H20ClN3O2/c1-28-16-15-26-23(28)22(17-7-11-19(25)12-8-17)27-24(29)18-9-13-21(14-10-18)30-20-5-3-2-4-6-20/h2-16,22H,1H3,(H,27,29)/t22-/m0/s1. The number of amides is 1. The molecule has 6 heteroatoms. The zero-order valence-electron chi connectivity index (χ0n) is 16.3. The maximum absolute atomic E-state index is 13.0. The summed E-state index contributed by atoms with van der Waals surface area (Å²) in [5.41, 5.74) is 1.43. The van der Waals surface area contributed by atoms with Crippen molar-refractivity contribution in [1.82, 2.24) is 14.9 Å². The third kappa shape index (κ3) is 4.53. The first-order valence-electron chi connectivity index (χ1n) is 9.46. The maximum Gasteiger partial charge on any atom is 0.252 e. The van der Waals surface area contributed by atoms with Crippen molar-refractivity contribution in [2.24, 2.45) is 7.05 Å². The van der Waals surface area contributed by atoms with Crippen molar-refractivity contribution in [2.45, 2.75) is 6.04 Å². The second-order valence-electron chi connectivity index (χ2n) is 6.79. The zero-order valence-corrected chi connectivity index (χ0v) is 17.1. The van der Waals surface area contributed by atoms with Gasteiger partial charge < -0.3 is 14.6 Å². The average Bonchev–Trinajstić information content (AvgIpc) is 3.19. The van der Waals surface area contributed by atoms with E-state index >= 15 is 0 Å². The molecule has 4 rings (SSSR count). The fourth-order valence-corrected chi connectivity index (χ4v) is 3.25. The second-order valence-corrected chi connectivity index (χ2v) is 7.23. The van der Waals surface area contributed by atoms with Crippen LogP contribution >= 0.6 is 11.6 Å². The molecule has 1 amide bonds. The molecule has 0 saturated heterocycles. The smallest absolute Gasteiger partial charge is 0.252 e. The van der Waals surface area contributed by atoms with Crippen LogP contribution in [0, 0.1) is 0 Å². The number of aromatic nitrogens is 2. The summed E-state index contributed by atoms with van der Waals surface area (Å²) in [6.07, 6.45) is 3.56. The molecule has 5 nitrogen and oxygen atoms in total. The Morgan fingerprint density at radius 1 is 0.967 bits per heavy atom. The number of para-hydroxylation sites is 1. The van der Waals surface area contributed by atoms with Gasteiger partial charge in [0.15, 0.2) is 0 Å². The highest BCUT2D eigenvalue weighted by Gasteiger charge is 2.21. The Bertz CT molecular complexity index is 1120. The van der Waals surface area contributed by atoms with E-state index in [0.29, 0.717) is 16.3 Å². The molecule has 3 aromatic carbocycles. The molecule has 0 aliphatic carbocycles. The van der Waals surface area contributed by atoms with Gasteiger partial charge >= 0.3 is 0 Å². The van der Waals surface area contributed by atoms with Crippen molar-refractivity contribution < 1.29 is 9.53 Å². The van der Waals surface area contributed by atoms with Crippen molar-refractivity contribution in [1.29, 1.82) is 0 Å². The molecule has 0 fully saturated rings. The Morgan fingerprint density at radius 2 is 1.63 bits per heavy atom. The number of imidazole rings is 1. The summed E-state index contributed by atoms with van der Waals surface area (Å²) < 4.78 is 7.68. The van der Waals surface area contributed by atoms with Crippen molar-refractivity contribution >= 4 is 17.5 Å². The van der Waals surface area contributed by atoms with Gasteiger partial charge in [-0.25, -0.2) is 4.98 Å². The average molecular weight is 418 g/mol. The highest BCUT2D eigenvalue weighted by Crippen LogP contribution is 2.24. The predicted octanol–water partition coefficient (Wildman–Crippen LogP) is 5.39. The molecule has 4 aromatic rings. The molecule has 1 atom stereocenters. The van der Waals surface area contributed by atoms with Crippen LogP contribution in [-0.2, 0) is 7.05 Å². The number of nitrogens with zero attached hydrogens (tertiary/aromatic N) is 2. The number of benzene rings is 3. The lowest BCUT2D eigenvalue weighted by atomic mass is 10.1. The van der Waals surface area contributed by atoms with Gasteiger partial charge in [0.05, 0.1) is 0 Å². The lowest BCUT2D eigenvalue weighted by Crippen LogP contribution is -2.31. The quantitative estimate of drug-likeness (QED) is 0.458. The predicted molar refractivity (Wildman–Crippen MR) is 117 cm³/mol. The maximum atomic E-state index is 13.0. The van der Waals surface area contributed by atoms with Crippen LogP contribution in [0.1, 0.15) is 27.8 Å². The number of halogens is 1. The number of rotatable bonds is 6. The van der Waals surface area contributed by atoms with E-state index in [1.165, 1.54) is 0 Å². The number of carbonyl (C=O) groups is 1. The topological polar surface area (TPSA) is 56.2 Å². The fraction of sp³-hybridized carbons (Fsp3) is 0.0833. The molecule has 0 spiro atoms. The van der Waals surface area contributed by atoms with Crippen LogP contribution < -0.4 is 10.1 Å². The van der Waals surface area contributed by atoms with Crippen molar-refractivity contribution in [3.8, 4) is 11.5 Å². The molecule has 0 radical (unpaired) electrons. The van der Waals surface area contributed by atoms with Crippen LogP contribution in [0.25, 0.3) is 0 Å². The Labute approximate surface area is 179 Å². The SMILES string of the molecule is Cn1ccnc1[C@@H](NC(=O)c1ccc(Oc2ccccc2)cc1)c1ccc(Cl)cc1. The van der Waals surface area contributed by atoms with Gasteiger partial charge in [-0.15, -0.1) is 0 Å². The van der Waals surface area contributed by atoms with Crippen molar-refractivity contribution in [2.75, 3.05) is 0 Å². The van der Waals surface area contributed by atoms with Crippen LogP contribution in [0.3, 0.4) is 0 Å². The summed E-state index contributed by atoms with van der Waals surface area (Å²) in [5.74, 6) is 1.93. The molecule has 0 aliphatic heterocycles. The molecule has 30 heavy (non-hydrogen) atoms. The van der Waals surface area contributed by atoms with Gasteiger partial charge in [-0.3, -0.25) is 4.79 Å². The highest BCUT2D eigenvalue weighted by molar-refractivity contribution is 6.30. The van der Waals surface area contributed by atoms with Gasteiger partial charge in [-0.05, 0) is 54.1 Å². The normalized spacial score (nSPS) is 11.7. The van der Waals surface area contributed by atoms with E-state index in [0.717, 1.165) is 17.1 Å². The molecule has 1 N–H and O–H groups in total. The first-order chi connectivity index (χ1) is 14.6. The Kier molecular flexibility index (Phi) is 5.82. The summed E-state index contributed by atoms with van der Waals surface area (Å²) in [4.78, 5) is 17.4. The monoisotopic (exact) mass is 417 g/mol. The van der Waals surface area contributed by atoms with Crippen LogP contribution in [-0.4, -0.2) is 15.5 Å². The largest absolute Gasteiger partial charge is 0.457 e. The highest BCUT2D eigenvalue weighted by atomic mass is 35.5. The Morgan fingerprint density at radius 3 is 2.27 bits per heavy atom. The fourth-order valence-electron chi connectivity index (χ4n) is 3.12. The van der Waals surface area contributed by atoms with Gasteiger partial charge in [0.2, 0.25) is 0 Å². The lowest BCUT2D eigenvalue weighted by Gasteiger charge is -2.19. The van der Waals surface area contributed by atoms with E-state index in [1.807, 2.05) is 60.3 Å². The van der Waals surface area contributed by atoms with Crippen LogP contribution in [0.15, 0.2) is 91.3 Å². The molecular weight excluding hydrogens is 398 g/mol. The van der Waals surface area contributed by atoms with Gasteiger partial charge in [0.25, 0.3) is 5.91 Å². The minimum atomic E-state index is -0.407. The molecule has 1 heterocycles. The van der Waals surface area contributed by atoms with Gasteiger partial charge in [0, 0.05) is 30.0 Å².